The molecule has 0 fully saturated rings. The van der Waals surface area contributed by atoms with Crippen LogP contribution in [-0.2, 0) is 4.79 Å². The third-order valence-electron chi connectivity index (χ3n) is 1.67. The summed E-state index contributed by atoms with van der Waals surface area (Å²) in [4.78, 5) is 10.3. The molecule has 1 unspecified atom stereocenters. The molecule has 1 rings (SSSR count). The first-order valence-electron chi connectivity index (χ1n) is 3.58. The number of aldehydes is 1. The molecule has 1 N–H and O–H groups in total. The van der Waals surface area contributed by atoms with E-state index in [2.05, 4.69) is 0 Å². The molecular weight excluding hydrogens is 159 g/mol. The second kappa shape index (κ2) is 3.85. The van der Waals surface area contributed by atoms with Crippen LogP contribution in [0.3, 0.4) is 0 Å². The summed E-state index contributed by atoms with van der Waals surface area (Å²) in [5.41, 5.74) is 0.343. The van der Waals surface area contributed by atoms with Crippen LogP contribution in [0.4, 0.5) is 4.39 Å². The molecule has 0 saturated carbocycles. The van der Waals surface area contributed by atoms with Gasteiger partial charge in [-0.05, 0) is 6.07 Å². The van der Waals surface area contributed by atoms with Gasteiger partial charge in [0.25, 0.3) is 0 Å². The van der Waals surface area contributed by atoms with Crippen molar-refractivity contribution in [2.24, 2.45) is 0 Å². The molecule has 0 aliphatic carbocycles. The van der Waals surface area contributed by atoms with Gasteiger partial charge in [-0.1, -0.05) is 18.2 Å². The van der Waals surface area contributed by atoms with Crippen LogP contribution >= 0.6 is 0 Å². The molecule has 0 saturated heterocycles. The van der Waals surface area contributed by atoms with Gasteiger partial charge in [0.15, 0.2) is 0 Å². The highest BCUT2D eigenvalue weighted by Crippen LogP contribution is 2.23. The quantitative estimate of drug-likeness (QED) is 0.696. The number of rotatable bonds is 3. The van der Waals surface area contributed by atoms with E-state index < -0.39 is 12.6 Å². The average Bonchev–Trinajstić information content (AvgIpc) is 2.10. The Hall–Kier alpha value is -1.38. The number of carbonyl (C=O) groups is 1. The molecule has 0 amide bonds. The molecular formula is C9H9FO2. The number of hydrogen-bond acceptors (Lipinski definition) is 2. The van der Waals surface area contributed by atoms with Crippen molar-refractivity contribution in [2.75, 3.05) is 6.67 Å². The Bertz CT molecular complexity index is 273. The average molecular weight is 168 g/mol. The monoisotopic (exact) mass is 168 g/mol. The van der Waals surface area contributed by atoms with Crippen LogP contribution in [0.1, 0.15) is 11.5 Å². The lowest BCUT2D eigenvalue weighted by molar-refractivity contribution is -0.109. The molecule has 0 aliphatic rings. The molecule has 1 aromatic rings. The van der Waals surface area contributed by atoms with Gasteiger partial charge in [-0.2, -0.15) is 0 Å². The Morgan fingerprint density at radius 2 is 2.17 bits per heavy atom. The zero-order valence-corrected chi connectivity index (χ0v) is 6.40. The van der Waals surface area contributed by atoms with Crippen LogP contribution in [-0.4, -0.2) is 18.1 Å². The molecule has 0 aromatic heterocycles. The highest BCUT2D eigenvalue weighted by Gasteiger charge is 2.12. The summed E-state index contributed by atoms with van der Waals surface area (Å²) < 4.78 is 12.2. The van der Waals surface area contributed by atoms with Gasteiger partial charge >= 0.3 is 0 Å². The van der Waals surface area contributed by atoms with Crippen molar-refractivity contribution < 1.29 is 14.3 Å². The van der Waals surface area contributed by atoms with Gasteiger partial charge in [0.2, 0.25) is 0 Å². The molecule has 2 nitrogen and oxygen atoms in total. The zero-order chi connectivity index (χ0) is 8.97. The molecule has 3 heteroatoms. The molecule has 0 bridgehead atoms. The molecule has 12 heavy (non-hydrogen) atoms. The van der Waals surface area contributed by atoms with Crippen molar-refractivity contribution in [3.05, 3.63) is 29.8 Å². The number of phenols is 1. The van der Waals surface area contributed by atoms with Gasteiger partial charge in [-0.3, -0.25) is 0 Å². The van der Waals surface area contributed by atoms with Crippen LogP contribution in [0.2, 0.25) is 0 Å². The Labute approximate surface area is 69.6 Å². The molecule has 0 spiro atoms. The maximum absolute atomic E-state index is 12.2. The van der Waals surface area contributed by atoms with Gasteiger partial charge in [0.05, 0.1) is 5.92 Å². The van der Waals surface area contributed by atoms with E-state index in [-0.39, 0.29) is 5.75 Å². The Morgan fingerprint density at radius 3 is 2.67 bits per heavy atom. The summed E-state index contributed by atoms with van der Waals surface area (Å²) in [5, 5.41) is 9.22. The fourth-order valence-corrected chi connectivity index (χ4v) is 0.994. The van der Waals surface area contributed by atoms with Crippen LogP contribution in [0.15, 0.2) is 24.3 Å². The Kier molecular flexibility index (Phi) is 2.80. The summed E-state index contributed by atoms with van der Waals surface area (Å²) in [6.07, 6.45) is 0.495. The van der Waals surface area contributed by atoms with Crippen molar-refractivity contribution in [1.82, 2.24) is 0 Å². The van der Waals surface area contributed by atoms with Crippen LogP contribution in [0.25, 0.3) is 0 Å². The number of aromatic hydroxyl groups is 1. The molecule has 1 atom stereocenters. The third kappa shape index (κ3) is 1.61. The highest BCUT2D eigenvalue weighted by molar-refractivity contribution is 5.64. The number of hydrogen-bond donors (Lipinski definition) is 1. The molecule has 0 heterocycles. The number of para-hydroxylation sites is 1. The lowest BCUT2D eigenvalue weighted by Gasteiger charge is -2.06. The van der Waals surface area contributed by atoms with Crippen molar-refractivity contribution in [1.29, 1.82) is 0 Å². The fraction of sp³-hybridized carbons (Fsp3) is 0.222. The molecule has 64 valence electrons. The number of halogens is 1. The van der Waals surface area contributed by atoms with Gasteiger partial charge in [-0.25, -0.2) is 4.39 Å². The Morgan fingerprint density at radius 1 is 1.50 bits per heavy atom. The van der Waals surface area contributed by atoms with Crippen LogP contribution in [0, 0.1) is 0 Å². The number of carbonyl (C=O) groups excluding carboxylic acids is 1. The lowest BCUT2D eigenvalue weighted by Crippen LogP contribution is -2.02. The van der Waals surface area contributed by atoms with E-state index in [4.69, 9.17) is 0 Å². The van der Waals surface area contributed by atoms with Gasteiger partial charge in [-0.15, -0.1) is 0 Å². The van der Waals surface area contributed by atoms with E-state index in [9.17, 15) is 14.3 Å². The van der Waals surface area contributed by atoms with Crippen molar-refractivity contribution >= 4 is 6.29 Å². The van der Waals surface area contributed by atoms with E-state index in [1.165, 1.54) is 12.1 Å². The predicted octanol–water partition coefficient (Wildman–Crippen LogP) is 1.64. The van der Waals surface area contributed by atoms with E-state index >= 15 is 0 Å². The van der Waals surface area contributed by atoms with Crippen molar-refractivity contribution in [3.63, 3.8) is 0 Å². The summed E-state index contributed by atoms with van der Waals surface area (Å²) in [5.74, 6) is -0.876. The smallest absolute Gasteiger partial charge is 0.130 e. The predicted molar refractivity (Wildman–Crippen MR) is 42.9 cm³/mol. The van der Waals surface area contributed by atoms with Gasteiger partial charge in [0.1, 0.15) is 18.7 Å². The normalized spacial score (nSPS) is 12.4. The summed E-state index contributed by atoms with van der Waals surface area (Å²) in [6, 6.07) is 6.25. The maximum atomic E-state index is 12.2. The standard InChI is InChI=1S/C9H9FO2/c10-5-7(6-11)8-3-1-2-4-9(8)12/h1-4,6-7,12H,5H2. The number of alkyl halides is 1. The largest absolute Gasteiger partial charge is 0.508 e. The fourth-order valence-electron chi connectivity index (χ4n) is 0.994. The van der Waals surface area contributed by atoms with Crippen LogP contribution in [0.5, 0.6) is 5.75 Å². The van der Waals surface area contributed by atoms with E-state index in [0.717, 1.165) is 0 Å². The lowest BCUT2D eigenvalue weighted by atomic mass is 10.0. The minimum Gasteiger partial charge on any atom is -0.508 e. The first-order chi connectivity index (χ1) is 5.79. The topological polar surface area (TPSA) is 37.3 Å². The maximum Gasteiger partial charge on any atom is 0.130 e. The second-order valence-corrected chi connectivity index (χ2v) is 2.46. The number of benzene rings is 1. The molecule has 0 radical (unpaired) electrons. The molecule has 0 aliphatic heterocycles. The second-order valence-electron chi connectivity index (χ2n) is 2.46. The summed E-state index contributed by atoms with van der Waals surface area (Å²) in [7, 11) is 0. The van der Waals surface area contributed by atoms with Crippen molar-refractivity contribution in [3.8, 4) is 5.75 Å². The van der Waals surface area contributed by atoms with E-state index in [1.54, 1.807) is 12.1 Å². The number of phenolic OH excluding ortho intramolecular Hbond substituents is 1. The highest BCUT2D eigenvalue weighted by atomic mass is 19.1. The Balaban J connectivity index is 3.00. The summed E-state index contributed by atoms with van der Waals surface area (Å²) >= 11 is 0. The first kappa shape index (κ1) is 8.71. The minimum absolute atomic E-state index is 0.0350. The third-order valence-corrected chi connectivity index (χ3v) is 1.67. The minimum atomic E-state index is -0.841. The van der Waals surface area contributed by atoms with Crippen molar-refractivity contribution in [2.45, 2.75) is 5.92 Å². The SMILES string of the molecule is O=CC(CF)c1ccccc1O. The van der Waals surface area contributed by atoms with Gasteiger partial charge in [0, 0.05) is 5.56 Å². The van der Waals surface area contributed by atoms with E-state index in [0.29, 0.717) is 11.8 Å². The van der Waals surface area contributed by atoms with Crippen LogP contribution < -0.4 is 0 Å². The zero-order valence-electron chi connectivity index (χ0n) is 6.40. The summed E-state index contributed by atoms with van der Waals surface area (Å²) in [6.45, 7) is -0.777. The van der Waals surface area contributed by atoms with E-state index in [1.807, 2.05) is 0 Å². The molecule has 1 aromatic carbocycles. The first-order valence-corrected chi connectivity index (χ1v) is 3.58. The van der Waals surface area contributed by atoms with Gasteiger partial charge < -0.3 is 9.90 Å².